The van der Waals surface area contributed by atoms with Crippen LogP contribution >= 0.6 is 0 Å². The molecule has 4 rings (SSSR count). The molecule has 0 spiro atoms. The van der Waals surface area contributed by atoms with E-state index in [4.69, 9.17) is 4.74 Å². The van der Waals surface area contributed by atoms with Crippen molar-refractivity contribution in [1.29, 1.82) is 0 Å². The Labute approximate surface area is 166 Å². The van der Waals surface area contributed by atoms with E-state index in [-0.39, 0.29) is 4.90 Å². The van der Waals surface area contributed by atoms with Gasteiger partial charge in [0.05, 0.1) is 22.8 Å². The molecular weight excluding hydrogens is 374 g/mol. The first-order valence-electron chi connectivity index (χ1n) is 9.92. The van der Waals surface area contributed by atoms with Gasteiger partial charge in [-0.1, -0.05) is 19.1 Å². The minimum absolute atomic E-state index is 0.260. The number of nitrogens with zero attached hydrogens (tertiary/aromatic N) is 1. The van der Waals surface area contributed by atoms with Gasteiger partial charge in [0.2, 0.25) is 0 Å². The summed E-state index contributed by atoms with van der Waals surface area (Å²) in [5, 5.41) is 3.53. The Bertz CT molecular complexity index is 924. The summed E-state index contributed by atoms with van der Waals surface area (Å²) >= 11 is 0. The van der Waals surface area contributed by atoms with Crippen LogP contribution in [0.25, 0.3) is 0 Å². The Morgan fingerprint density at radius 2 is 1.93 bits per heavy atom. The second-order valence-electron chi connectivity index (χ2n) is 7.35. The lowest BCUT2D eigenvalue weighted by molar-refractivity contribution is 0.307. The molecule has 0 bridgehead atoms. The van der Waals surface area contributed by atoms with Gasteiger partial charge in [-0.25, -0.2) is 8.42 Å². The summed E-state index contributed by atoms with van der Waals surface area (Å²) in [6.07, 6.45) is 3.44. The highest BCUT2D eigenvalue weighted by Gasteiger charge is 2.23. The number of sulfonamides is 1. The summed E-state index contributed by atoms with van der Waals surface area (Å²) in [5.74, 6) is 0.721. The van der Waals surface area contributed by atoms with Crippen LogP contribution in [0.15, 0.2) is 47.4 Å². The lowest BCUT2D eigenvalue weighted by Gasteiger charge is -2.31. The molecule has 1 heterocycles. The SMILES string of the molecule is CCc1ccc(S(=O)(=O)Nc2ccc3c(c2)OCCN3CCNC2CC2)cc1. The summed E-state index contributed by atoms with van der Waals surface area (Å²) in [7, 11) is -3.62. The Morgan fingerprint density at radius 3 is 2.64 bits per heavy atom. The van der Waals surface area contributed by atoms with Crippen LogP contribution < -0.4 is 19.7 Å². The quantitative estimate of drug-likeness (QED) is 0.712. The largest absolute Gasteiger partial charge is 0.489 e. The number of ether oxygens (including phenoxy) is 1. The van der Waals surface area contributed by atoms with E-state index in [1.165, 1.54) is 12.8 Å². The fourth-order valence-electron chi connectivity index (χ4n) is 3.38. The van der Waals surface area contributed by atoms with Crippen LogP contribution in [0, 0.1) is 0 Å². The average Bonchev–Trinajstić information content (AvgIpc) is 3.52. The van der Waals surface area contributed by atoms with Crippen LogP contribution in [-0.2, 0) is 16.4 Å². The standard InChI is InChI=1S/C21H27N3O3S/c1-2-16-3-8-19(9-4-16)28(25,26)23-18-7-10-20-21(15-18)27-14-13-24(20)12-11-22-17-5-6-17/h3-4,7-10,15,17,22-23H,2,5-6,11-14H2,1H3. The average molecular weight is 402 g/mol. The molecule has 1 aliphatic carbocycles. The Balaban J connectivity index is 1.46. The number of rotatable bonds is 8. The number of hydrogen-bond acceptors (Lipinski definition) is 5. The number of fused-ring (bicyclic) bond motifs is 1. The third-order valence-corrected chi connectivity index (χ3v) is 6.60. The minimum atomic E-state index is -3.62. The van der Waals surface area contributed by atoms with Gasteiger partial charge in [0.15, 0.2) is 0 Å². The summed E-state index contributed by atoms with van der Waals surface area (Å²) in [4.78, 5) is 2.55. The van der Waals surface area contributed by atoms with E-state index < -0.39 is 10.0 Å². The van der Waals surface area contributed by atoms with E-state index in [9.17, 15) is 8.42 Å². The molecule has 28 heavy (non-hydrogen) atoms. The van der Waals surface area contributed by atoms with E-state index in [2.05, 4.69) is 14.9 Å². The molecule has 2 aromatic carbocycles. The summed E-state index contributed by atoms with van der Waals surface area (Å²) in [6.45, 7) is 5.35. The van der Waals surface area contributed by atoms with Gasteiger partial charge < -0.3 is 15.0 Å². The summed E-state index contributed by atoms with van der Waals surface area (Å²) < 4.78 is 33.8. The highest BCUT2D eigenvalue weighted by molar-refractivity contribution is 7.92. The molecule has 2 aromatic rings. The number of benzene rings is 2. The molecule has 6 nitrogen and oxygen atoms in total. The maximum Gasteiger partial charge on any atom is 0.261 e. The fraction of sp³-hybridized carbons (Fsp3) is 0.429. The van der Waals surface area contributed by atoms with Crippen LogP contribution in [0.3, 0.4) is 0 Å². The first-order valence-corrected chi connectivity index (χ1v) is 11.4. The second kappa shape index (κ2) is 8.01. The molecule has 0 unspecified atom stereocenters. The van der Waals surface area contributed by atoms with Gasteiger partial charge in [-0.2, -0.15) is 0 Å². The Hall–Kier alpha value is -2.25. The van der Waals surface area contributed by atoms with Gasteiger partial charge >= 0.3 is 0 Å². The van der Waals surface area contributed by atoms with Crippen molar-refractivity contribution in [3.05, 3.63) is 48.0 Å². The number of nitrogens with one attached hydrogen (secondary N) is 2. The van der Waals surface area contributed by atoms with Gasteiger partial charge in [0.1, 0.15) is 12.4 Å². The van der Waals surface area contributed by atoms with Crippen molar-refractivity contribution in [3.8, 4) is 5.75 Å². The minimum Gasteiger partial charge on any atom is -0.489 e. The van der Waals surface area contributed by atoms with E-state index in [1.807, 2.05) is 25.1 Å². The smallest absolute Gasteiger partial charge is 0.261 e. The monoisotopic (exact) mass is 401 g/mol. The lowest BCUT2D eigenvalue weighted by Crippen LogP contribution is -2.38. The van der Waals surface area contributed by atoms with Gasteiger partial charge in [-0.05, 0) is 49.1 Å². The Morgan fingerprint density at radius 1 is 1.14 bits per heavy atom. The molecule has 0 atom stereocenters. The molecule has 0 aromatic heterocycles. The highest BCUT2D eigenvalue weighted by Crippen LogP contribution is 2.34. The van der Waals surface area contributed by atoms with Crippen LogP contribution in [-0.4, -0.2) is 40.7 Å². The molecule has 0 amide bonds. The highest BCUT2D eigenvalue weighted by atomic mass is 32.2. The van der Waals surface area contributed by atoms with Gasteiger partial charge in [0, 0.05) is 25.2 Å². The first kappa shape index (κ1) is 19.1. The number of hydrogen-bond donors (Lipinski definition) is 2. The van der Waals surface area contributed by atoms with E-state index in [0.717, 1.165) is 43.1 Å². The normalized spacial score (nSPS) is 16.4. The molecule has 2 aliphatic rings. The molecule has 7 heteroatoms. The second-order valence-corrected chi connectivity index (χ2v) is 9.03. The van der Waals surface area contributed by atoms with Crippen molar-refractivity contribution < 1.29 is 13.2 Å². The van der Waals surface area contributed by atoms with E-state index in [1.54, 1.807) is 24.3 Å². The maximum atomic E-state index is 12.7. The van der Waals surface area contributed by atoms with Crippen LogP contribution in [0.2, 0.25) is 0 Å². The number of anilines is 2. The fourth-order valence-corrected chi connectivity index (χ4v) is 4.43. The van der Waals surface area contributed by atoms with Gasteiger partial charge in [0.25, 0.3) is 10.0 Å². The molecule has 0 radical (unpaired) electrons. The predicted octanol–water partition coefficient (Wildman–Crippen LogP) is 3.00. The van der Waals surface area contributed by atoms with E-state index in [0.29, 0.717) is 18.3 Å². The predicted molar refractivity (Wildman–Crippen MR) is 112 cm³/mol. The zero-order valence-corrected chi connectivity index (χ0v) is 17.0. The lowest BCUT2D eigenvalue weighted by atomic mass is 10.2. The topological polar surface area (TPSA) is 70.7 Å². The molecule has 0 saturated heterocycles. The van der Waals surface area contributed by atoms with Crippen LogP contribution in [0.1, 0.15) is 25.3 Å². The van der Waals surface area contributed by atoms with E-state index >= 15 is 0 Å². The van der Waals surface area contributed by atoms with Crippen molar-refractivity contribution >= 4 is 21.4 Å². The van der Waals surface area contributed by atoms with Crippen molar-refractivity contribution in [3.63, 3.8) is 0 Å². The molecule has 1 saturated carbocycles. The third-order valence-electron chi connectivity index (χ3n) is 5.21. The van der Waals surface area contributed by atoms with Crippen molar-refractivity contribution in [2.75, 3.05) is 35.9 Å². The summed E-state index contributed by atoms with van der Waals surface area (Å²) in [6, 6.07) is 13.2. The van der Waals surface area contributed by atoms with Crippen molar-refractivity contribution in [2.24, 2.45) is 0 Å². The third kappa shape index (κ3) is 4.42. The van der Waals surface area contributed by atoms with Crippen LogP contribution in [0.5, 0.6) is 5.75 Å². The number of aryl methyl sites for hydroxylation is 1. The zero-order valence-electron chi connectivity index (χ0n) is 16.1. The maximum absolute atomic E-state index is 12.7. The molecule has 1 aliphatic heterocycles. The molecule has 1 fully saturated rings. The van der Waals surface area contributed by atoms with Crippen LogP contribution in [0.4, 0.5) is 11.4 Å². The van der Waals surface area contributed by atoms with Crippen molar-refractivity contribution in [2.45, 2.75) is 37.1 Å². The van der Waals surface area contributed by atoms with Crippen molar-refractivity contribution in [1.82, 2.24) is 5.32 Å². The first-order chi connectivity index (χ1) is 13.5. The molecule has 150 valence electrons. The molecule has 2 N–H and O–H groups in total. The van der Waals surface area contributed by atoms with Gasteiger partial charge in [-0.3, -0.25) is 4.72 Å². The van der Waals surface area contributed by atoms with Gasteiger partial charge in [-0.15, -0.1) is 0 Å². The summed E-state index contributed by atoms with van der Waals surface area (Å²) in [5.41, 5.74) is 2.63. The zero-order chi connectivity index (χ0) is 19.6. The Kier molecular flexibility index (Phi) is 5.46. The molecular formula is C21H27N3O3S.